The van der Waals surface area contributed by atoms with Crippen LogP contribution in [0.4, 0.5) is 5.95 Å². The van der Waals surface area contributed by atoms with E-state index in [1.165, 1.54) is 6.42 Å². The number of aryl methyl sites for hydroxylation is 1. The lowest BCUT2D eigenvalue weighted by Crippen LogP contribution is -2.64. The summed E-state index contributed by atoms with van der Waals surface area (Å²) in [4.78, 5) is 2.38. The van der Waals surface area contributed by atoms with Gasteiger partial charge in [-0.25, -0.2) is 4.68 Å². The van der Waals surface area contributed by atoms with Crippen LogP contribution < -0.4 is 5.32 Å². The zero-order chi connectivity index (χ0) is 13.3. The molecular weight excluding hydrogens is 248 g/mol. The van der Waals surface area contributed by atoms with Gasteiger partial charge in [-0.1, -0.05) is 5.10 Å². The number of ether oxygens (including phenoxy) is 1. The summed E-state index contributed by atoms with van der Waals surface area (Å²) in [5.74, 6) is 0.606. The maximum Gasteiger partial charge on any atom is 0.242 e. The van der Waals surface area contributed by atoms with E-state index in [0.29, 0.717) is 25.1 Å². The summed E-state index contributed by atoms with van der Waals surface area (Å²) in [6.45, 7) is 2.98. The molecule has 0 unspecified atom stereocenters. The molecule has 0 spiro atoms. The topological polar surface area (TPSA) is 88.3 Å². The van der Waals surface area contributed by atoms with Crippen LogP contribution in [0.15, 0.2) is 0 Å². The van der Waals surface area contributed by atoms with Crippen LogP contribution in [0.5, 0.6) is 0 Å². The van der Waals surface area contributed by atoms with E-state index < -0.39 is 0 Å². The monoisotopic (exact) mass is 268 g/mol. The fraction of sp³-hybridized carbons (Fsp3) is 0.909. The lowest BCUT2D eigenvalue weighted by molar-refractivity contribution is -0.102. The number of hydrogen-bond acceptors (Lipinski definition) is 7. The van der Waals surface area contributed by atoms with E-state index >= 15 is 0 Å². The molecule has 0 bridgehead atoms. The Morgan fingerprint density at radius 1 is 1.58 bits per heavy atom. The Kier molecular flexibility index (Phi) is 3.38. The second-order valence-electron chi connectivity index (χ2n) is 5.37. The van der Waals surface area contributed by atoms with Crippen LogP contribution in [0, 0.1) is 0 Å². The van der Waals surface area contributed by atoms with Crippen molar-refractivity contribution in [2.45, 2.75) is 24.4 Å². The highest BCUT2D eigenvalue weighted by molar-refractivity contribution is 5.23. The van der Waals surface area contributed by atoms with E-state index in [1.54, 1.807) is 11.7 Å². The minimum atomic E-state index is -0.370. The average molecular weight is 268 g/mol. The predicted molar refractivity (Wildman–Crippen MR) is 67.7 cm³/mol. The molecule has 2 atom stereocenters. The van der Waals surface area contributed by atoms with Crippen LogP contribution in [0.2, 0.25) is 0 Å². The van der Waals surface area contributed by atoms with E-state index in [1.807, 2.05) is 0 Å². The summed E-state index contributed by atoms with van der Waals surface area (Å²) in [6.07, 6.45) is 2.31. The van der Waals surface area contributed by atoms with Gasteiger partial charge in [0.25, 0.3) is 0 Å². The van der Waals surface area contributed by atoms with Gasteiger partial charge in [-0.15, -0.1) is 0 Å². The van der Waals surface area contributed by atoms with Gasteiger partial charge in [-0.2, -0.15) is 0 Å². The Bertz CT molecular complexity index is 439. The van der Waals surface area contributed by atoms with Crippen molar-refractivity contribution in [1.29, 1.82) is 0 Å². The molecule has 106 valence electrons. The molecule has 1 aromatic heterocycles. The second-order valence-corrected chi connectivity index (χ2v) is 5.37. The van der Waals surface area contributed by atoms with E-state index in [0.717, 1.165) is 19.6 Å². The van der Waals surface area contributed by atoms with Gasteiger partial charge in [0.15, 0.2) is 0 Å². The number of nitrogens with one attached hydrogen (secondary N) is 1. The third-order valence-corrected chi connectivity index (χ3v) is 4.16. The number of rotatable bonds is 4. The average Bonchev–Trinajstić information content (AvgIpc) is 3.05. The summed E-state index contributed by atoms with van der Waals surface area (Å²) in [5.41, 5.74) is -0.370. The molecule has 1 aromatic rings. The number of hydrogen-bond donors (Lipinski definition) is 2. The molecule has 2 saturated heterocycles. The zero-order valence-corrected chi connectivity index (χ0v) is 11.1. The van der Waals surface area contributed by atoms with Crippen molar-refractivity contribution in [3.05, 3.63) is 0 Å². The fourth-order valence-corrected chi connectivity index (χ4v) is 3.07. The largest absolute Gasteiger partial charge is 0.394 e. The van der Waals surface area contributed by atoms with Crippen LogP contribution in [0.25, 0.3) is 0 Å². The third kappa shape index (κ3) is 2.19. The third-order valence-electron chi connectivity index (χ3n) is 4.16. The highest BCUT2D eigenvalue weighted by Gasteiger charge is 2.46. The van der Waals surface area contributed by atoms with E-state index in [9.17, 15) is 5.11 Å². The minimum Gasteiger partial charge on any atom is -0.394 e. The Morgan fingerprint density at radius 3 is 3.21 bits per heavy atom. The van der Waals surface area contributed by atoms with Gasteiger partial charge in [0.1, 0.15) is 0 Å². The van der Waals surface area contributed by atoms with Crippen molar-refractivity contribution in [3.63, 3.8) is 0 Å². The normalized spacial score (nSPS) is 31.4. The molecular formula is C11H20N6O2. The van der Waals surface area contributed by atoms with Gasteiger partial charge < -0.3 is 15.2 Å². The van der Waals surface area contributed by atoms with Gasteiger partial charge in [0.05, 0.1) is 25.4 Å². The number of anilines is 1. The lowest BCUT2D eigenvalue weighted by Gasteiger charge is -2.47. The Hall–Kier alpha value is -1.25. The van der Waals surface area contributed by atoms with Crippen molar-refractivity contribution in [2.24, 2.45) is 7.05 Å². The Labute approximate surface area is 111 Å². The fourth-order valence-electron chi connectivity index (χ4n) is 3.07. The SMILES string of the molecule is Cn1nnnc1NC[C@]1(CO)COC[C@H]2CCCN21. The van der Waals surface area contributed by atoms with Gasteiger partial charge in [0.2, 0.25) is 5.95 Å². The second kappa shape index (κ2) is 5.03. The molecule has 2 aliphatic rings. The summed E-state index contributed by atoms with van der Waals surface area (Å²) in [6, 6.07) is 0.431. The van der Waals surface area contributed by atoms with Gasteiger partial charge in [0, 0.05) is 19.6 Å². The van der Waals surface area contributed by atoms with Crippen LogP contribution in [-0.2, 0) is 11.8 Å². The summed E-state index contributed by atoms with van der Waals surface area (Å²) in [5, 5.41) is 24.4. The predicted octanol–water partition coefficient (Wildman–Crippen LogP) is -1.15. The summed E-state index contributed by atoms with van der Waals surface area (Å²) >= 11 is 0. The van der Waals surface area contributed by atoms with Crippen LogP contribution in [0.3, 0.4) is 0 Å². The first kappa shape index (κ1) is 12.8. The molecule has 3 heterocycles. The van der Waals surface area contributed by atoms with Crippen molar-refractivity contribution >= 4 is 5.95 Å². The quantitative estimate of drug-likeness (QED) is 0.712. The number of aliphatic hydroxyl groups excluding tert-OH is 1. The Balaban J connectivity index is 1.73. The molecule has 8 heteroatoms. The molecule has 2 aliphatic heterocycles. The standard InChI is InChI=1S/C11H20N6O2/c1-16-10(13-14-15-16)12-6-11(7-18)8-19-5-9-3-2-4-17(9)11/h9,18H,2-8H2,1H3,(H,12,13,15)/t9-,11+/m1/s1. The van der Waals surface area contributed by atoms with E-state index in [4.69, 9.17) is 4.74 Å². The molecule has 2 fully saturated rings. The minimum absolute atomic E-state index is 0.0712. The highest BCUT2D eigenvalue weighted by Crippen LogP contribution is 2.31. The molecule has 0 radical (unpaired) electrons. The van der Waals surface area contributed by atoms with Crippen molar-refractivity contribution in [2.75, 3.05) is 38.2 Å². The first-order valence-electron chi connectivity index (χ1n) is 6.67. The molecule has 0 aliphatic carbocycles. The molecule has 19 heavy (non-hydrogen) atoms. The van der Waals surface area contributed by atoms with Crippen molar-refractivity contribution in [3.8, 4) is 0 Å². The molecule has 3 rings (SSSR count). The van der Waals surface area contributed by atoms with Crippen molar-refractivity contribution in [1.82, 2.24) is 25.1 Å². The van der Waals surface area contributed by atoms with Gasteiger partial charge in [-0.3, -0.25) is 4.90 Å². The number of tetrazole rings is 1. The summed E-state index contributed by atoms with van der Waals surface area (Å²) in [7, 11) is 1.78. The number of morpholine rings is 1. The van der Waals surface area contributed by atoms with Crippen molar-refractivity contribution < 1.29 is 9.84 Å². The maximum atomic E-state index is 9.87. The zero-order valence-electron chi connectivity index (χ0n) is 11.1. The smallest absolute Gasteiger partial charge is 0.242 e. The first-order chi connectivity index (χ1) is 9.25. The molecule has 8 nitrogen and oxygen atoms in total. The molecule has 2 N–H and O–H groups in total. The first-order valence-corrected chi connectivity index (χ1v) is 6.67. The molecule has 0 aromatic carbocycles. The number of nitrogens with zero attached hydrogens (tertiary/aromatic N) is 5. The van der Waals surface area contributed by atoms with Crippen LogP contribution >= 0.6 is 0 Å². The van der Waals surface area contributed by atoms with Crippen LogP contribution in [-0.4, -0.2) is 74.7 Å². The number of aliphatic hydroxyl groups is 1. The maximum absolute atomic E-state index is 9.87. The van der Waals surface area contributed by atoms with Gasteiger partial charge in [-0.05, 0) is 29.8 Å². The Morgan fingerprint density at radius 2 is 2.47 bits per heavy atom. The van der Waals surface area contributed by atoms with Gasteiger partial charge >= 0.3 is 0 Å². The number of fused-ring (bicyclic) bond motifs is 1. The van der Waals surface area contributed by atoms with E-state index in [-0.39, 0.29) is 12.1 Å². The summed E-state index contributed by atoms with van der Waals surface area (Å²) < 4.78 is 7.27. The van der Waals surface area contributed by atoms with Crippen LogP contribution in [0.1, 0.15) is 12.8 Å². The van der Waals surface area contributed by atoms with E-state index in [2.05, 4.69) is 25.7 Å². The molecule has 0 amide bonds. The molecule has 0 saturated carbocycles. The highest BCUT2D eigenvalue weighted by atomic mass is 16.5. The lowest BCUT2D eigenvalue weighted by atomic mass is 9.96. The number of aromatic nitrogens is 4.